The lowest BCUT2D eigenvalue weighted by molar-refractivity contribution is 0.668. The second kappa shape index (κ2) is 7.23. The molecular weight excluding hydrogens is 446 g/mol. The Labute approximate surface area is 204 Å². The van der Waals surface area contributed by atoms with Crippen LogP contribution in [0, 0.1) is 0 Å². The molecule has 3 aromatic carbocycles. The van der Waals surface area contributed by atoms with Gasteiger partial charge in [0.25, 0.3) is 0 Å². The Balaban J connectivity index is 1.37. The highest BCUT2D eigenvalue weighted by Gasteiger charge is 2.18. The van der Waals surface area contributed by atoms with Crippen LogP contribution in [0.4, 0.5) is 0 Å². The monoisotopic (exact) mass is 463 g/mol. The molecule has 5 heterocycles. The maximum Gasteiger partial charge on any atom is 0.161 e. The lowest BCUT2D eigenvalue weighted by atomic mass is 10.0. The van der Waals surface area contributed by atoms with Gasteiger partial charge in [0.2, 0.25) is 0 Å². The molecule has 0 aliphatic heterocycles. The summed E-state index contributed by atoms with van der Waals surface area (Å²) in [5.41, 5.74) is 8.86. The van der Waals surface area contributed by atoms with E-state index in [0.717, 1.165) is 77.2 Å². The fourth-order valence-corrected chi connectivity index (χ4v) is 5.20. The van der Waals surface area contributed by atoms with Gasteiger partial charge >= 0.3 is 0 Å². The molecule has 0 spiro atoms. The third-order valence-corrected chi connectivity index (χ3v) is 6.88. The van der Waals surface area contributed by atoms with Crippen LogP contribution in [0.1, 0.15) is 0 Å². The van der Waals surface area contributed by atoms with Gasteiger partial charge < -0.3 is 8.83 Å². The minimum atomic E-state index is 0.756. The number of furan rings is 2. The smallest absolute Gasteiger partial charge is 0.161 e. The topological polar surface area (TPSA) is 65.0 Å². The Bertz CT molecular complexity index is 2120. The molecule has 5 aromatic heterocycles. The number of para-hydroxylation sites is 1. The summed E-state index contributed by atoms with van der Waals surface area (Å²) in [6.07, 6.45) is 7.45. The summed E-state index contributed by atoms with van der Waals surface area (Å²) in [6.45, 7) is 0. The number of hydrogen-bond donors (Lipinski definition) is 0. The van der Waals surface area contributed by atoms with Crippen LogP contribution in [0.25, 0.3) is 77.2 Å². The minimum absolute atomic E-state index is 0.756. The summed E-state index contributed by atoms with van der Waals surface area (Å²) in [4.78, 5) is 13.8. The molecule has 0 bridgehead atoms. The SMILES string of the molecule is c1ccc2c(-c3ccnc4c3oc3ccc(-c5ccnc6c5oc5ccccc56)cc34)cncc2c1. The molecule has 0 atom stereocenters. The second-order valence-corrected chi connectivity index (χ2v) is 8.89. The maximum atomic E-state index is 6.39. The molecule has 0 N–H and O–H groups in total. The predicted molar refractivity (Wildman–Crippen MR) is 143 cm³/mol. The Kier molecular flexibility index (Phi) is 3.88. The van der Waals surface area contributed by atoms with Crippen molar-refractivity contribution in [2.45, 2.75) is 0 Å². The summed E-state index contributed by atoms with van der Waals surface area (Å²) in [6, 6.07) is 26.4. The van der Waals surface area contributed by atoms with E-state index >= 15 is 0 Å². The average molecular weight is 463 g/mol. The molecule has 0 saturated heterocycles. The van der Waals surface area contributed by atoms with Gasteiger partial charge in [0.1, 0.15) is 22.2 Å². The average Bonchev–Trinajstić information content (AvgIpc) is 3.51. The van der Waals surface area contributed by atoms with Gasteiger partial charge in [0.15, 0.2) is 11.2 Å². The molecule has 0 aliphatic rings. The van der Waals surface area contributed by atoms with Crippen LogP contribution in [-0.2, 0) is 0 Å². The first kappa shape index (κ1) is 19.3. The van der Waals surface area contributed by atoms with E-state index < -0.39 is 0 Å². The van der Waals surface area contributed by atoms with Gasteiger partial charge in [-0.15, -0.1) is 0 Å². The number of fused-ring (bicyclic) bond motifs is 7. The second-order valence-electron chi connectivity index (χ2n) is 8.89. The predicted octanol–water partition coefficient (Wildman–Crippen LogP) is 8.16. The van der Waals surface area contributed by atoms with Gasteiger partial charge in [-0.3, -0.25) is 15.0 Å². The Morgan fingerprint density at radius 2 is 1.22 bits per heavy atom. The number of pyridine rings is 3. The third-order valence-electron chi connectivity index (χ3n) is 6.88. The number of nitrogens with zero attached hydrogens (tertiary/aromatic N) is 3. The van der Waals surface area contributed by atoms with Crippen molar-refractivity contribution in [3.05, 3.63) is 104 Å². The maximum absolute atomic E-state index is 6.39. The van der Waals surface area contributed by atoms with Crippen LogP contribution in [0.2, 0.25) is 0 Å². The molecule has 8 aromatic rings. The standard InChI is InChI=1S/C31H17N3O2/c1-2-6-20-19(5-1)16-32-17-25(20)22-12-14-34-29-24-15-18(9-10-27(24)36-31(22)29)21-11-13-33-28-23-7-3-4-8-26(23)35-30(21)28/h1-17H. The zero-order chi connectivity index (χ0) is 23.6. The molecular formula is C31H17N3O2. The number of aromatic nitrogens is 3. The molecule has 168 valence electrons. The van der Waals surface area contributed by atoms with Gasteiger partial charge in [0, 0.05) is 57.6 Å². The lowest BCUT2D eigenvalue weighted by Crippen LogP contribution is -1.86. The zero-order valence-electron chi connectivity index (χ0n) is 19.0. The molecule has 5 nitrogen and oxygen atoms in total. The van der Waals surface area contributed by atoms with Crippen LogP contribution < -0.4 is 0 Å². The van der Waals surface area contributed by atoms with Crippen LogP contribution in [0.15, 0.2) is 112 Å². The van der Waals surface area contributed by atoms with Crippen molar-refractivity contribution in [2.75, 3.05) is 0 Å². The molecule has 0 saturated carbocycles. The first-order valence-electron chi connectivity index (χ1n) is 11.8. The zero-order valence-corrected chi connectivity index (χ0v) is 19.0. The van der Waals surface area contributed by atoms with Crippen LogP contribution in [0.5, 0.6) is 0 Å². The quantitative estimate of drug-likeness (QED) is 0.259. The normalized spacial score (nSPS) is 11.9. The van der Waals surface area contributed by atoms with Gasteiger partial charge in [-0.25, -0.2) is 0 Å². The van der Waals surface area contributed by atoms with Crippen molar-refractivity contribution in [3.63, 3.8) is 0 Å². The Morgan fingerprint density at radius 3 is 2.11 bits per heavy atom. The largest absolute Gasteiger partial charge is 0.454 e. The summed E-state index contributed by atoms with van der Waals surface area (Å²) in [5.74, 6) is 0. The highest BCUT2D eigenvalue weighted by molar-refractivity contribution is 6.12. The van der Waals surface area contributed by atoms with Crippen molar-refractivity contribution >= 4 is 54.9 Å². The fourth-order valence-electron chi connectivity index (χ4n) is 5.20. The van der Waals surface area contributed by atoms with E-state index in [-0.39, 0.29) is 0 Å². The summed E-state index contributed by atoms with van der Waals surface area (Å²) in [5, 5.41) is 4.19. The third kappa shape index (κ3) is 2.68. The lowest BCUT2D eigenvalue weighted by Gasteiger charge is -2.06. The summed E-state index contributed by atoms with van der Waals surface area (Å²) < 4.78 is 12.6. The first-order chi connectivity index (χ1) is 17.8. The molecule has 8 rings (SSSR count). The van der Waals surface area contributed by atoms with Gasteiger partial charge in [-0.2, -0.15) is 0 Å². The molecule has 0 aliphatic carbocycles. The van der Waals surface area contributed by atoms with E-state index in [1.807, 2.05) is 79.4 Å². The molecule has 0 amide bonds. The number of benzene rings is 3. The van der Waals surface area contributed by atoms with Crippen molar-refractivity contribution in [1.29, 1.82) is 0 Å². The summed E-state index contributed by atoms with van der Waals surface area (Å²) in [7, 11) is 0. The van der Waals surface area contributed by atoms with Crippen LogP contribution >= 0.6 is 0 Å². The first-order valence-corrected chi connectivity index (χ1v) is 11.8. The Morgan fingerprint density at radius 1 is 0.528 bits per heavy atom. The van der Waals surface area contributed by atoms with Gasteiger partial charge in [0.05, 0.1) is 0 Å². The van der Waals surface area contributed by atoms with E-state index in [4.69, 9.17) is 13.8 Å². The number of rotatable bonds is 2. The van der Waals surface area contributed by atoms with Crippen molar-refractivity contribution in [3.8, 4) is 22.3 Å². The van der Waals surface area contributed by atoms with E-state index in [2.05, 4.69) is 34.2 Å². The van der Waals surface area contributed by atoms with Crippen molar-refractivity contribution in [2.24, 2.45) is 0 Å². The number of hydrogen-bond acceptors (Lipinski definition) is 5. The molecule has 5 heteroatoms. The molecule has 0 radical (unpaired) electrons. The van der Waals surface area contributed by atoms with E-state index in [9.17, 15) is 0 Å². The highest BCUT2D eigenvalue weighted by Crippen LogP contribution is 2.40. The van der Waals surface area contributed by atoms with Crippen LogP contribution in [0.3, 0.4) is 0 Å². The molecule has 0 unspecified atom stereocenters. The van der Waals surface area contributed by atoms with E-state index in [1.54, 1.807) is 0 Å². The van der Waals surface area contributed by atoms with Gasteiger partial charge in [-0.05, 0) is 47.3 Å². The van der Waals surface area contributed by atoms with Crippen molar-refractivity contribution in [1.82, 2.24) is 15.0 Å². The minimum Gasteiger partial charge on any atom is -0.454 e. The van der Waals surface area contributed by atoms with Crippen molar-refractivity contribution < 1.29 is 8.83 Å². The highest BCUT2D eigenvalue weighted by atomic mass is 16.3. The molecule has 36 heavy (non-hydrogen) atoms. The van der Waals surface area contributed by atoms with Crippen LogP contribution in [-0.4, -0.2) is 15.0 Å². The van der Waals surface area contributed by atoms with E-state index in [0.29, 0.717) is 0 Å². The Hall–Kier alpha value is -5.03. The fraction of sp³-hybridized carbons (Fsp3) is 0. The molecule has 0 fully saturated rings. The van der Waals surface area contributed by atoms with Gasteiger partial charge in [-0.1, -0.05) is 42.5 Å². The summed E-state index contributed by atoms with van der Waals surface area (Å²) >= 11 is 0. The van der Waals surface area contributed by atoms with E-state index in [1.165, 1.54) is 0 Å².